The molecule has 1 aromatic heterocycles. The predicted octanol–water partition coefficient (Wildman–Crippen LogP) is 2.23. The molecule has 3 rings (SSSR count). The number of furan rings is 1. The van der Waals surface area contributed by atoms with Crippen LogP contribution in [0.4, 0.5) is 0 Å². The van der Waals surface area contributed by atoms with Crippen molar-refractivity contribution in [3.63, 3.8) is 0 Å². The zero-order valence-electron chi connectivity index (χ0n) is 11.7. The SMILES string of the molecule is Cc1ccc([C@@H]2CCCN2S(=O)(=O)C[C@H]2CCCO2)o1. The Kier molecular flexibility index (Phi) is 3.88. The lowest BCUT2D eigenvalue weighted by Gasteiger charge is -2.24. The highest BCUT2D eigenvalue weighted by atomic mass is 32.2. The fraction of sp³-hybridized carbons (Fsp3) is 0.714. The second-order valence-electron chi connectivity index (χ2n) is 5.63. The third-order valence-corrected chi connectivity index (χ3v) is 6.02. The highest BCUT2D eigenvalue weighted by Crippen LogP contribution is 2.35. The van der Waals surface area contributed by atoms with Crippen LogP contribution in [-0.4, -0.2) is 37.7 Å². The third kappa shape index (κ3) is 2.77. The quantitative estimate of drug-likeness (QED) is 0.855. The molecule has 2 aliphatic rings. The van der Waals surface area contributed by atoms with Gasteiger partial charge in [0.2, 0.25) is 10.0 Å². The average Bonchev–Trinajstić information content (AvgIpc) is 3.07. The molecule has 0 amide bonds. The smallest absolute Gasteiger partial charge is 0.217 e. The molecular weight excluding hydrogens is 278 g/mol. The van der Waals surface area contributed by atoms with Gasteiger partial charge in [-0.25, -0.2) is 8.42 Å². The molecular formula is C14H21NO4S. The fourth-order valence-corrected chi connectivity index (χ4v) is 5.02. The molecule has 6 heteroatoms. The summed E-state index contributed by atoms with van der Waals surface area (Å²) in [6.45, 7) is 3.14. The van der Waals surface area contributed by atoms with Gasteiger partial charge in [-0.05, 0) is 44.7 Å². The van der Waals surface area contributed by atoms with E-state index in [0.29, 0.717) is 13.2 Å². The van der Waals surface area contributed by atoms with Gasteiger partial charge < -0.3 is 9.15 Å². The lowest BCUT2D eigenvalue weighted by Crippen LogP contribution is -2.36. The fourth-order valence-electron chi connectivity index (χ4n) is 3.10. The number of aryl methyl sites for hydroxylation is 1. The molecule has 0 spiro atoms. The van der Waals surface area contributed by atoms with Gasteiger partial charge in [0.05, 0.1) is 17.9 Å². The van der Waals surface area contributed by atoms with E-state index in [9.17, 15) is 8.42 Å². The molecule has 2 atom stereocenters. The molecule has 2 aliphatic heterocycles. The lowest BCUT2D eigenvalue weighted by atomic mass is 10.2. The van der Waals surface area contributed by atoms with E-state index in [-0.39, 0.29) is 17.9 Å². The van der Waals surface area contributed by atoms with E-state index in [0.717, 1.165) is 37.2 Å². The van der Waals surface area contributed by atoms with Crippen molar-refractivity contribution < 1.29 is 17.6 Å². The van der Waals surface area contributed by atoms with Gasteiger partial charge in [-0.15, -0.1) is 0 Å². The minimum Gasteiger partial charge on any atom is -0.465 e. The normalized spacial score (nSPS) is 28.2. The van der Waals surface area contributed by atoms with Crippen molar-refractivity contribution in [3.05, 3.63) is 23.7 Å². The summed E-state index contributed by atoms with van der Waals surface area (Å²) in [5.41, 5.74) is 0. The van der Waals surface area contributed by atoms with Gasteiger partial charge >= 0.3 is 0 Å². The Morgan fingerprint density at radius 1 is 1.30 bits per heavy atom. The van der Waals surface area contributed by atoms with Crippen molar-refractivity contribution >= 4 is 10.0 Å². The Morgan fingerprint density at radius 3 is 2.80 bits per heavy atom. The molecule has 0 N–H and O–H groups in total. The third-order valence-electron chi connectivity index (χ3n) is 4.07. The second kappa shape index (κ2) is 5.50. The van der Waals surface area contributed by atoms with Gasteiger partial charge in [-0.1, -0.05) is 0 Å². The van der Waals surface area contributed by atoms with E-state index >= 15 is 0 Å². The maximum absolute atomic E-state index is 12.6. The van der Waals surface area contributed by atoms with Crippen molar-refractivity contribution in [1.29, 1.82) is 0 Å². The summed E-state index contributed by atoms with van der Waals surface area (Å²) in [6.07, 6.45) is 3.38. The minimum atomic E-state index is -3.28. The maximum atomic E-state index is 12.6. The Balaban J connectivity index is 1.77. The van der Waals surface area contributed by atoms with Crippen molar-refractivity contribution in [2.75, 3.05) is 18.9 Å². The molecule has 112 valence electrons. The summed E-state index contributed by atoms with van der Waals surface area (Å²) in [5, 5.41) is 0. The van der Waals surface area contributed by atoms with Gasteiger partial charge in [-0.2, -0.15) is 4.31 Å². The monoisotopic (exact) mass is 299 g/mol. The second-order valence-corrected chi connectivity index (χ2v) is 7.60. The van der Waals surface area contributed by atoms with Crippen LogP contribution in [0, 0.1) is 6.92 Å². The molecule has 0 radical (unpaired) electrons. The topological polar surface area (TPSA) is 59.8 Å². The van der Waals surface area contributed by atoms with Crippen LogP contribution >= 0.6 is 0 Å². The van der Waals surface area contributed by atoms with Gasteiger partial charge in [0, 0.05) is 13.2 Å². The van der Waals surface area contributed by atoms with Crippen molar-refractivity contribution in [1.82, 2.24) is 4.31 Å². The Morgan fingerprint density at radius 2 is 2.15 bits per heavy atom. The molecule has 0 bridgehead atoms. The van der Waals surface area contributed by atoms with Crippen LogP contribution in [-0.2, 0) is 14.8 Å². The molecule has 0 unspecified atom stereocenters. The summed E-state index contributed by atoms with van der Waals surface area (Å²) in [7, 11) is -3.28. The van der Waals surface area contributed by atoms with E-state index < -0.39 is 10.0 Å². The molecule has 5 nitrogen and oxygen atoms in total. The number of hydrogen-bond donors (Lipinski definition) is 0. The first-order chi connectivity index (χ1) is 9.56. The predicted molar refractivity (Wildman–Crippen MR) is 74.9 cm³/mol. The molecule has 1 aromatic rings. The highest BCUT2D eigenvalue weighted by Gasteiger charge is 2.38. The van der Waals surface area contributed by atoms with Crippen LogP contribution < -0.4 is 0 Å². The van der Waals surface area contributed by atoms with Crippen molar-refractivity contribution in [2.24, 2.45) is 0 Å². The van der Waals surface area contributed by atoms with Crippen LogP contribution in [0.3, 0.4) is 0 Å². The standard InChI is InChI=1S/C14H21NO4S/c1-11-6-7-14(19-11)13-5-2-8-15(13)20(16,17)10-12-4-3-9-18-12/h6-7,12-13H,2-5,8-10H2,1H3/t12-,13+/m1/s1. The van der Waals surface area contributed by atoms with Gasteiger partial charge in [-0.3, -0.25) is 0 Å². The zero-order valence-corrected chi connectivity index (χ0v) is 12.6. The number of nitrogens with zero attached hydrogens (tertiary/aromatic N) is 1. The molecule has 0 aromatic carbocycles. The van der Waals surface area contributed by atoms with Crippen LogP contribution in [0.1, 0.15) is 43.2 Å². The molecule has 2 saturated heterocycles. The van der Waals surface area contributed by atoms with E-state index in [1.165, 1.54) is 0 Å². The molecule has 0 saturated carbocycles. The van der Waals surface area contributed by atoms with E-state index in [1.54, 1.807) is 4.31 Å². The van der Waals surface area contributed by atoms with Crippen LogP contribution in [0.5, 0.6) is 0 Å². The number of ether oxygens (including phenoxy) is 1. The van der Waals surface area contributed by atoms with Gasteiger partial charge in [0.15, 0.2) is 0 Å². The maximum Gasteiger partial charge on any atom is 0.217 e. The number of rotatable bonds is 4. The molecule has 3 heterocycles. The summed E-state index contributed by atoms with van der Waals surface area (Å²) < 4.78 is 37.9. The van der Waals surface area contributed by atoms with Gasteiger partial charge in [0.25, 0.3) is 0 Å². The Hall–Kier alpha value is -0.850. The first-order valence-electron chi connectivity index (χ1n) is 7.24. The first-order valence-corrected chi connectivity index (χ1v) is 8.84. The Bertz CT molecular complexity index is 559. The van der Waals surface area contributed by atoms with E-state index in [1.807, 2.05) is 19.1 Å². The van der Waals surface area contributed by atoms with Crippen LogP contribution in [0.15, 0.2) is 16.5 Å². The summed E-state index contributed by atoms with van der Waals surface area (Å²) in [5.74, 6) is 1.68. The molecule has 20 heavy (non-hydrogen) atoms. The molecule has 0 aliphatic carbocycles. The van der Waals surface area contributed by atoms with E-state index in [4.69, 9.17) is 9.15 Å². The van der Waals surface area contributed by atoms with E-state index in [2.05, 4.69) is 0 Å². The summed E-state index contributed by atoms with van der Waals surface area (Å²) in [4.78, 5) is 0. The highest BCUT2D eigenvalue weighted by molar-refractivity contribution is 7.89. The van der Waals surface area contributed by atoms with Crippen LogP contribution in [0.25, 0.3) is 0 Å². The summed E-state index contributed by atoms with van der Waals surface area (Å²) in [6, 6.07) is 3.63. The van der Waals surface area contributed by atoms with Gasteiger partial charge in [0.1, 0.15) is 11.5 Å². The number of hydrogen-bond acceptors (Lipinski definition) is 4. The van der Waals surface area contributed by atoms with Crippen LogP contribution in [0.2, 0.25) is 0 Å². The zero-order chi connectivity index (χ0) is 14.2. The number of sulfonamides is 1. The van der Waals surface area contributed by atoms with Crippen molar-refractivity contribution in [2.45, 2.75) is 44.8 Å². The minimum absolute atomic E-state index is 0.100. The summed E-state index contributed by atoms with van der Waals surface area (Å²) >= 11 is 0. The van der Waals surface area contributed by atoms with Crippen molar-refractivity contribution in [3.8, 4) is 0 Å². The lowest BCUT2D eigenvalue weighted by molar-refractivity contribution is 0.126. The Labute approximate surface area is 119 Å². The average molecular weight is 299 g/mol. The first kappa shape index (κ1) is 14.1. The largest absolute Gasteiger partial charge is 0.465 e. The molecule has 2 fully saturated rings.